The number of carbonyl (C=O) groups is 1. The summed E-state index contributed by atoms with van der Waals surface area (Å²) in [4.78, 5) is 12.1. The SMILES string of the molecule is C=C[C@@H](CO[Si](C)(C)C(C)(C)C)[C@@H](CS(=O)(=O)O)NC(=O)OC(C)(C)C. The molecule has 0 aliphatic carbocycles. The largest absolute Gasteiger partial charge is 0.444 e. The molecule has 7 nitrogen and oxygen atoms in total. The third-order valence-corrected chi connectivity index (χ3v) is 9.64. The summed E-state index contributed by atoms with van der Waals surface area (Å²) in [7, 11) is -6.38. The summed E-state index contributed by atoms with van der Waals surface area (Å²) in [6.07, 6.45) is 0.769. The van der Waals surface area contributed by atoms with Gasteiger partial charge in [-0.25, -0.2) is 4.79 Å². The summed E-state index contributed by atoms with van der Waals surface area (Å²) in [5.74, 6) is -1.15. The van der Waals surface area contributed by atoms with Crippen LogP contribution in [0.2, 0.25) is 18.1 Å². The van der Waals surface area contributed by atoms with E-state index in [9.17, 15) is 17.8 Å². The fraction of sp³-hybridized carbons (Fsp3) is 0.824. The van der Waals surface area contributed by atoms with Gasteiger partial charge in [0, 0.05) is 12.5 Å². The molecule has 0 aromatic heterocycles. The van der Waals surface area contributed by atoms with Crippen LogP contribution in [0.25, 0.3) is 0 Å². The van der Waals surface area contributed by atoms with E-state index in [0.29, 0.717) is 0 Å². The van der Waals surface area contributed by atoms with Crippen molar-refractivity contribution in [2.75, 3.05) is 12.4 Å². The van der Waals surface area contributed by atoms with Crippen LogP contribution in [0.3, 0.4) is 0 Å². The minimum absolute atomic E-state index is 0.0180. The molecule has 9 heteroatoms. The molecule has 0 radical (unpaired) electrons. The van der Waals surface area contributed by atoms with E-state index in [0.717, 1.165) is 0 Å². The molecule has 0 fully saturated rings. The summed E-state index contributed by atoms with van der Waals surface area (Å²) in [5.41, 5.74) is -0.728. The molecule has 2 atom stereocenters. The lowest BCUT2D eigenvalue weighted by atomic mass is 10.0. The Hall–Kier alpha value is -0.903. The van der Waals surface area contributed by atoms with E-state index in [2.05, 4.69) is 45.8 Å². The summed E-state index contributed by atoms with van der Waals surface area (Å²) in [5, 5.41) is 2.50. The second kappa shape index (κ2) is 8.86. The summed E-state index contributed by atoms with van der Waals surface area (Å²) < 4.78 is 43.3. The van der Waals surface area contributed by atoms with E-state index in [1.165, 1.54) is 6.08 Å². The molecule has 0 rings (SSSR count). The number of rotatable bonds is 8. The maximum Gasteiger partial charge on any atom is 0.407 e. The predicted molar refractivity (Wildman–Crippen MR) is 106 cm³/mol. The highest BCUT2D eigenvalue weighted by Gasteiger charge is 2.38. The topological polar surface area (TPSA) is 102 Å². The first kappa shape index (κ1) is 25.1. The highest BCUT2D eigenvalue weighted by Crippen LogP contribution is 2.37. The van der Waals surface area contributed by atoms with Crippen molar-refractivity contribution in [2.24, 2.45) is 5.92 Å². The monoisotopic (exact) mass is 409 g/mol. The van der Waals surface area contributed by atoms with E-state index in [4.69, 9.17) is 9.16 Å². The van der Waals surface area contributed by atoms with Gasteiger partial charge >= 0.3 is 6.09 Å². The number of amides is 1. The average Bonchev–Trinajstić information content (AvgIpc) is 2.33. The third kappa shape index (κ3) is 9.70. The van der Waals surface area contributed by atoms with Gasteiger partial charge in [0.1, 0.15) is 5.60 Å². The molecule has 0 aliphatic rings. The summed E-state index contributed by atoms with van der Waals surface area (Å²) in [6, 6.07) is -0.915. The van der Waals surface area contributed by atoms with Gasteiger partial charge in [0.2, 0.25) is 0 Å². The molecule has 0 saturated carbocycles. The number of alkyl carbamates (subject to hydrolysis) is 1. The van der Waals surface area contributed by atoms with Crippen molar-refractivity contribution >= 4 is 24.5 Å². The Morgan fingerprint density at radius 3 is 2.08 bits per heavy atom. The first-order valence-corrected chi connectivity index (χ1v) is 13.1. The lowest BCUT2D eigenvalue weighted by Gasteiger charge is -2.38. The molecular formula is C17H35NO6SSi. The van der Waals surface area contributed by atoms with Gasteiger partial charge in [-0.05, 0) is 38.9 Å². The lowest BCUT2D eigenvalue weighted by Crippen LogP contribution is -2.49. The van der Waals surface area contributed by atoms with E-state index < -0.39 is 47.8 Å². The fourth-order valence-electron chi connectivity index (χ4n) is 1.83. The highest BCUT2D eigenvalue weighted by molar-refractivity contribution is 7.85. The average molecular weight is 410 g/mol. The Bertz CT molecular complexity index is 589. The van der Waals surface area contributed by atoms with Gasteiger partial charge in [-0.2, -0.15) is 8.42 Å². The van der Waals surface area contributed by atoms with Crippen LogP contribution < -0.4 is 5.32 Å². The zero-order valence-electron chi connectivity index (χ0n) is 17.3. The molecule has 26 heavy (non-hydrogen) atoms. The molecule has 1 amide bonds. The smallest absolute Gasteiger partial charge is 0.407 e. The summed E-state index contributed by atoms with van der Waals surface area (Å²) in [6.45, 7) is 19.5. The molecule has 0 aliphatic heterocycles. The second-order valence-corrected chi connectivity index (χ2v) is 15.3. The minimum atomic E-state index is -4.31. The van der Waals surface area contributed by atoms with Crippen LogP contribution in [-0.2, 0) is 19.3 Å². The van der Waals surface area contributed by atoms with Crippen LogP contribution in [0.4, 0.5) is 4.79 Å². The van der Waals surface area contributed by atoms with Crippen LogP contribution >= 0.6 is 0 Å². The highest BCUT2D eigenvalue weighted by atomic mass is 32.2. The molecule has 0 aromatic carbocycles. The van der Waals surface area contributed by atoms with Crippen molar-refractivity contribution in [2.45, 2.75) is 71.3 Å². The van der Waals surface area contributed by atoms with E-state index in [1.54, 1.807) is 20.8 Å². The Morgan fingerprint density at radius 2 is 1.73 bits per heavy atom. The lowest BCUT2D eigenvalue weighted by molar-refractivity contribution is 0.0491. The standard InChI is InChI=1S/C17H35NO6SSi/c1-10-13(11-23-26(8,9)17(5,6)7)14(12-25(20,21)22)18-15(19)24-16(2,3)4/h10,13-14H,1,11-12H2,2-9H3,(H,18,19)(H,20,21,22)/t13-,14+/m0/s1. The van der Waals surface area contributed by atoms with Crippen LogP contribution in [0.1, 0.15) is 41.5 Å². The quantitative estimate of drug-likeness (QED) is 0.361. The number of carbonyl (C=O) groups excluding carboxylic acids is 1. The zero-order chi connectivity index (χ0) is 21.0. The molecule has 154 valence electrons. The van der Waals surface area contributed by atoms with Gasteiger partial charge in [0.05, 0.1) is 11.8 Å². The van der Waals surface area contributed by atoms with Crippen molar-refractivity contribution in [3.8, 4) is 0 Å². The maximum atomic E-state index is 12.1. The molecular weight excluding hydrogens is 374 g/mol. The molecule has 0 aromatic rings. The molecule has 0 spiro atoms. The van der Waals surface area contributed by atoms with Gasteiger partial charge in [-0.3, -0.25) is 4.55 Å². The van der Waals surface area contributed by atoms with Gasteiger partial charge in [0.25, 0.3) is 10.1 Å². The van der Waals surface area contributed by atoms with Gasteiger partial charge in [-0.15, -0.1) is 6.58 Å². The van der Waals surface area contributed by atoms with Gasteiger partial charge in [0.15, 0.2) is 8.32 Å². The molecule has 0 saturated heterocycles. The Kier molecular flexibility index (Phi) is 8.55. The first-order valence-electron chi connectivity index (χ1n) is 8.59. The van der Waals surface area contributed by atoms with Crippen molar-refractivity contribution in [3.05, 3.63) is 12.7 Å². The second-order valence-electron chi connectivity index (χ2n) is 8.97. The normalized spacial score (nSPS) is 15.9. The molecule has 2 N–H and O–H groups in total. The minimum Gasteiger partial charge on any atom is -0.444 e. The van der Waals surface area contributed by atoms with E-state index >= 15 is 0 Å². The molecule has 0 unspecified atom stereocenters. The number of nitrogens with one attached hydrogen (secondary N) is 1. The Labute approximate surface area is 159 Å². The Morgan fingerprint density at radius 1 is 1.23 bits per heavy atom. The zero-order valence-corrected chi connectivity index (χ0v) is 19.1. The molecule has 0 heterocycles. The number of hydrogen-bond donors (Lipinski definition) is 2. The van der Waals surface area contributed by atoms with Crippen molar-refractivity contribution in [3.63, 3.8) is 0 Å². The van der Waals surface area contributed by atoms with Crippen molar-refractivity contribution in [1.29, 1.82) is 0 Å². The van der Waals surface area contributed by atoms with Crippen LogP contribution in [0, 0.1) is 5.92 Å². The predicted octanol–water partition coefficient (Wildman–Crippen LogP) is 3.59. The van der Waals surface area contributed by atoms with Crippen molar-refractivity contribution in [1.82, 2.24) is 5.32 Å². The van der Waals surface area contributed by atoms with Crippen LogP contribution in [0.5, 0.6) is 0 Å². The maximum absolute atomic E-state index is 12.1. The fourth-order valence-corrected chi connectivity index (χ4v) is 3.65. The van der Waals surface area contributed by atoms with Gasteiger partial charge in [-0.1, -0.05) is 26.8 Å². The number of hydrogen-bond acceptors (Lipinski definition) is 5. The van der Waals surface area contributed by atoms with Crippen LogP contribution in [-0.4, -0.2) is 51.4 Å². The first-order chi connectivity index (χ1) is 11.4. The van der Waals surface area contributed by atoms with Crippen molar-refractivity contribution < 1.29 is 26.9 Å². The Balaban J connectivity index is 5.31. The van der Waals surface area contributed by atoms with E-state index in [-0.39, 0.29) is 11.6 Å². The molecule has 0 bridgehead atoms. The summed E-state index contributed by atoms with van der Waals surface area (Å²) >= 11 is 0. The number of ether oxygens (including phenoxy) is 1. The van der Waals surface area contributed by atoms with Crippen LogP contribution in [0.15, 0.2) is 12.7 Å². The third-order valence-electron chi connectivity index (χ3n) is 4.35. The van der Waals surface area contributed by atoms with E-state index in [1.807, 2.05) is 0 Å². The van der Waals surface area contributed by atoms with Gasteiger partial charge < -0.3 is 14.5 Å².